The maximum absolute atomic E-state index is 11.9. The summed E-state index contributed by atoms with van der Waals surface area (Å²) in [4.78, 5) is 23.4. The first-order valence-electron chi connectivity index (χ1n) is 11.7. The lowest BCUT2D eigenvalue weighted by atomic mass is 9.98. The van der Waals surface area contributed by atoms with Crippen LogP contribution in [0.2, 0.25) is 5.04 Å². The maximum Gasteiger partial charge on any atom is 0.303 e. The predicted molar refractivity (Wildman–Crippen MR) is 132 cm³/mol. The molecule has 0 N–H and O–H groups in total. The van der Waals surface area contributed by atoms with Crippen molar-refractivity contribution in [2.75, 3.05) is 6.61 Å². The fourth-order valence-electron chi connectivity index (χ4n) is 6.20. The van der Waals surface area contributed by atoms with Gasteiger partial charge in [0, 0.05) is 13.8 Å². The number of epoxide rings is 2. The number of carbonyl (C=O) groups excluding carboxylic acids is 2. The third kappa shape index (κ3) is 3.36. The molecular formula is C27H34O6Si. The highest BCUT2D eigenvalue weighted by atomic mass is 28.3. The van der Waals surface area contributed by atoms with Crippen LogP contribution in [0.4, 0.5) is 0 Å². The van der Waals surface area contributed by atoms with Crippen molar-refractivity contribution in [1.29, 1.82) is 0 Å². The van der Waals surface area contributed by atoms with Crippen molar-refractivity contribution in [2.24, 2.45) is 0 Å². The van der Waals surface area contributed by atoms with E-state index in [0.717, 1.165) is 0 Å². The number of ether oxygens (including phenoxy) is 4. The van der Waals surface area contributed by atoms with Crippen molar-refractivity contribution in [1.82, 2.24) is 0 Å². The first kappa shape index (κ1) is 24.6. The minimum atomic E-state index is -2.73. The zero-order valence-electron chi connectivity index (χ0n) is 21.0. The quantitative estimate of drug-likeness (QED) is 0.342. The Bertz CT molecular complexity index is 1040. The summed E-state index contributed by atoms with van der Waals surface area (Å²) in [5.74, 6) is -1.86. The molecular weight excluding hydrogens is 448 g/mol. The maximum atomic E-state index is 11.9. The molecule has 1 spiro atoms. The molecule has 0 radical (unpaired) electrons. The highest BCUT2D eigenvalue weighted by Gasteiger charge is 2.97. The fraction of sp³-hybridized carbons (Fsp3) is 0.481. The second-order valence-electron chi connectivity index (χ2n) is 10.6. The van der Waals surface area contributed by atoms with E-state index in [0.29, 0.717) is 0 Å². The largest absolute Gasteiger partial charge is 0.462 e. The highest BCUT2D eigenvalue weighted by Crippen LogP contribution is 2.75. The van der Waals surface area contributed by atoms with Crippen LogP contribution in [0.1, 0.15) is 48.5 Å². The normalized spacial score (nSPS) is 28.8. The van der Waals surface area contributed by atoms with Crippen molar-refractivity contribution in [3.63, 3.8) is 0 Å². The average molecular weight is 483 g/mol. The van der Waals surface area contributed by atoms with Crippen molar-refractivity contribution in [2.45, 2.75) is 76.2 Å². The van der Waals surface area contributed by atoms with Gasteiger partial charge < -0.3 is 18.9 Å². The molecule has 2 saturated heterocycles. The summed E-state index contributed by atoms with van der Waals surface area (Å²) in [5.41, 5.74) is -0.948. The topological polar surface area (TPSA) is 77.7 Å². The van der Waals surface area contributed by atoms with E-state index >= 15 is 0 Å². The first-order valence-corrected chi connectivity index (χ1v) is 13.7. The Morgan fingerprint density at radius 1 is 0.882 bits per heavy atom. The van der Waals surface area contributed by atoms with E-state index in [2.05, 4.69) is 76.2 Å². The second-order valence-corrected chi connectivity index (χ2v) is 15.7. The smallest absolute Gasteiger partial charge is 0.303 e. The van der Waals surface area contributed by atoms with Crippen molar-refractivity contribution < 1.29 is 28.5 Å². The second kappa shape index (κ2) is 8.04. The Morgan fingerprint density at radius 2 is 1.38 bits per heavy atom. The summed E-state index contributed by atoms with van der Waals surface area (Å²) < 4.78 is 23.9. The highest BCUT2D eigenvalue weighted by molar-refractivity contribution is 7.07. The molecule has 2 aliphatic rings. The molecule has 0 unspecified atom stereocenters. The molecule has 6 nitrogen and oxygen atoms in total. The SMILES string of the molecule is CC(=O)OC[C@@H](OC(C)=O)[C@]1(C)O[C@@]12O[C@@]2(C)[Si](c1ccccc1)(c1ccccc1)C(C)(C)C. The van der Waals surface area contributed by atoms with Gasteiger partial charge in [0.15, 0.2) is 19.8 Å². The standard InChI is InChI=1S/C27H34O6Si/c1-19(28)30-18-23(31-20(2)29)25(6)27(32-25)26(7,33-27)34(24(3,4)5,21-14-10-8-11-15-21)22-16-12-9-13-17-22/h8-17,23H,18H2,1-7H3/t23-,25+,26+,27-/m1/s1. The summed E-state index contributed by atoms with van der Waals surface area (Å²) in [6, 6.07) is 21.1. The van der Waals surface area contributed by atoms with Crippen LogP contribution in [-0.2, 0) is 28.5 Å². The molecule has 34 heavy (non-hydrogen) atoms. The average Bonchev–Trinajstić information content (AvgIpc) is 3.58. The summed E-state index contributed by atoms with van der Waals surface area (Å²) in [6.07, 6.45) is -0.783. The van der Waals surface area contributed by atoms with Gasteiger partial charge in [0.05, 0.1) is 0 Å². The minimum absolute atomic E-state index is 0.0899. The van der Waals surface area contributed by atoms with E-state index in [1.165, 1.54) is 24.2 Å². The minimum Gasteiger partial charge on any atom is -0.462 e. The number of esters is 2. The van der Waals surface area contributed by atoms with E-state index < -0.39 is 42.7 Å². The summed E-state index contributed by atoms with van der Waals surface area (Å²) >= 11 is 0. The van der Waals surface area contributed by atoms with E-state index in [9.17, 15) is 9.59 Å². The van der Waals surface area contributed by atoms with Gasteiger partial charge in [-0.3, -0.25) is 9.59 Å². The molecule has 2 aromatic rings. The van der Waals surface area contributed by atoms with Gasteiger partial charge >= 0.3 is 11.9 Å². The van der Waals surface area contributed by atoms with Crippen LogP contribution in [-0.4, -0.2) is 49.3 Å². The Labute approximate surface area is 202 Å². The van der Waals surface area contributed by atoms with E-state index in [4.69, 9.17) is 18.9 Å². The van der Waals surface area contributed by atoms with Gasteiger partial charge in [-0.1, -0.05) is 91.8 Å². The molecule has 4 atom stereocenters. The summed E-state index contributed by atoms with van der Waals surface area (Å²) in [5, 5.41) is 1.67. The Kier molecular flexibility index (Phi) is 5.82. The monoisotopic (exact) mass is 482 g/mol. The zero-order valence-corrected chi connectivity index (χ0v) is 22.0. The molecule has 2 aliphatic heterocycles. The van der Waals surface area contributed by atoms with Crippen molar-refractivity contribution >= 4 is 30.4 Å². The number of benzene rings is 2. The predicted octanol–water partition coefficient (Wildman–Crippen LogP) is 3.36. The van der Waals surface area contributed by atoms with Gasteiger partial charge in [-0.25, -0.2) is 0 Å². The van der Waals surface area contributed by atoms with E-state index in [1.807, 2.05) is 19.1 Å². The van der Waals surface area contributed by atoms with E-state index in [-0.39, 0.29) is 11.6 Å². The lowest BCUT2D eigenvalue weighted by molar-refractivity contribution is -0.160. The summed E-state index contributed by atoms with van der Waals surface area (Å²) in [7, 11) is -2.73. The fourth-order valence-corrected chi connectivity index (χ4v) is 13.3. The van der Waals surface area contributed by atoms with Crippen LogP contribution in [0.15, 0.2) is 60.7 Å². The van der Waals surface area contributed by atoms with Crippen LogP contribution in [0, 0.1) is 0 Å². The van der Waals surface area contributed by atoms with Gasteiger partial charge in [0.2, 0.25) is 5.79 Å². The number of hydrogen-bond donors (Lipinski definition) is 0. The molecule has 4 rings (SSSR count). The zero-order chi connectivity index (χ0) is 25.0. The molecule has 7 heteroatoms. The number of carbonyl (C=O) groups is 2. The van der Waals surface area contributed by atoms with Crippen LogP contribution >= 0.6 is 0 Å². The van der Waals surface area contributed by atoms with Crippen LogP contribution in [0.25, 0.3) is 0 Å². The Hall–Kier alpha value is -2.48. The third-order valence-electron chi connectivity index (χ3n) is 7.52. The van der Waals surface area contributed by atoms with Crippen LogP contribution in [0.5, 0.6) is 0 Å². The number of hydrogen-bond acceptors (Lipinski definition) is 6. The first-order chi connectivity index (χ1) is 15.9. The van der Waals surface area contributed by atoms with E-state index in [1.54, 1.807) is 0 Å². The lowest BCUT2D eigenvalue weighted by Crippen LogP contribution is -2.74. The van der Waals surface area contributed by atoms with Gasteiger partial charge in [-0.15, -0.1) is 0 Å². The Balaban J connectivity index is 1.85. The van der Waals surface area contributed by atoms with Gasteiger partial charge in [-0.05, 0) is 18.9 Å². The van der Waals surface area contributed by atoms with Gasteiger partial charge in [0.1, 0.15) is 11.8 Å². The molecule has 2 heterocycles. The third-order valence-corrected chi connectivity index (χ3v) is 14.0. The number of rotatable bonds is 7. The molecule has 0 aliphatic carbocycles. The summed E-state index contributed by atoms with van der Waals surface area (Å²) in [6.45, 7) is 13.4. The molecule has 0 saturated carbocycles. The van der Waals surface area contributed by atoms with Crippen molar-refractivity contribution in [3.8, 4) is 0 Å². The van der Waals surface area contributed by atoms with Crippen molar-refractivity contribution in [3.05, 3.63) is 60.7 Å². The molecule has 2 aromatic carbocycles. The molecule has 0 aromatic heterocycles. The Morgan fingerprint density at radius 3 is 1.79 bits per heavy atom. The van der Waals surface area contributed by atoms with Gasteiger partial charge in [0.25, 0.3) is 0 Å². The molecule has 182 valence electrons. The lowest BCUT2D eigenvalue weighted by Gasteiger charge is -2.47. The van der Waals surface area contributed by atoms with Crippen LogP contribution < -0.4 is 10.4 Å². The molecule has 0 bridgehead atoms. The molecule has 0 amide bonds. The molecule has 2 fully saturated rings. The van der Waals surface area contributed by atoms with Crippen LogP contribution in [0.3, 0.4) is 0 Å². The van der Waals surface area contributed by atoms with Gasteiger partial charge in [-0.2, -0.15) is 0 Å².